The van der Waals surface area contributed by atoms with Crippen LogP contribution in [-0.2, 0) is 0 Å². The molecule has 150 valence electrons. The first-order valence-corrected chi connectivity index (χ1v) is 10.8. The van der Waals surface area contributed by atoms with Crippen molar-refractivity contribution in [2.24, 2.45) is 0 Å². The van der Waals surface area contributed by atoms with Crippen LogP contribution in [0.5, 0.6) is 0 Å². The molecule has 2 unspecified atom stereocenters. The fourth-order valence-electron chi connectivity index (χ4n) is 5.61. The average Bonchev–Trinajstić information content (AvgIpc) is 2.84. The highest BCUT2D eigenvalue weighted by Gasteiger charge is 2.40. The Balaban J connectivity index is 1.29. The number of hydrogen-bond donors (Lipinski definition) is 0. The van der Waals surface area contributed by atoms with Gasteiger partial charge in [-0.2, -0.15) is 0 Å². The molecule has 2 atom stereocenters. The lowest BCUT2D eigenvalue weighted by Crippen LogP contribution is -2.49. The number of rotatable bonds is 2. The molecule has 1 aliphatic heterocycles. The van der Waals surface area contributed by atoms with Crippen molar-refractivity contribution in [2.45, 2.75) is 24.7 Å². The zero-order valence-corrected chi connectivity index (χ0v) is 16.9. The SMILES string of the molecule is O=C(c1cccc2c1C1CCC2c2ccccc21)N1CCN(c2ncccn2)CC1. The van der Waals surface area contributed by atoms with Gasteiger partial charge in [0.15, 0.2) is 0 Å². The van der Waals surface area contributed by atoms with Gasteiger partial charge in [0.25, 0.3) is 5.91 Å². The fraction of sp³-hybridized carbons (Fsp3) is 0.320. The lowest BCUT2D eigenvalue weighted by molar-refractivity contribution is 0.0744. The van der Waals surface area contributed by atoms with Crippen molar-refractivity contribution >= 4 is 11.9 Å². The number of nitrogens with zero attached hydrogens (tertiary/aromatic N) is 4. The lowest BCUT2D eigenvalue weighted by atomic mass is 9.63. The number of benzene rings is 2. The maximum atomic E-state index is 13.6. The van der Waals surface area contributed by atoms with Crippen LogP contribution in [0.2, 0.25) is 0 Å². The third-order valence-electron chi connectivity index (χ3n) is 6.99. The molecule has 5 heteroatoms. The topological polar surface area (TPSA) is 49.3 Å². The molecule has 5 nitrogen and oxygen atoms in total. The predicted molar refractivity (Wildman–Crippen MR) is 116 cm³/mol. The Labute approximate surface area is 176 Å². The van der Waals surface area contributed by atoms with Gasteiger partial charge in [-0.3, -0.25) is 4.79 Å². The summed E-state index contributed by atoms with van der Waals surface area (Å²) in [6.45, 7) is 2.93. The summed E-state index contributed by atoms with van der Waals surface area (Å²) in [7, 11) is 0. The first-order chi connectivity index (χ1) is 14.8. The molecule has 4 aliphatic rings. The van der Waals surface area contributed by atoms with Crippen molar-refractivity contribution in [3.8, 4) is 0 Å². The summed E-state index contributed by atoms with van der Waals surface area (Å²) in [5.74, 6) is 1.70. The van der Waals surface area contributed by atoms with E-state index in [-0.39, 0.29) is 5.91 Å². The van der Waals surface area contributed by atoms with E-state index < -0.39 is 0 Å². The Bertz CT molecular complexity index is 1110. The number of amides is 1. The molecular formula is C25H24N4O. The summed E-state index contributed by atoms with van der Waals surface area (Å²) in [5, 5.41) is 0. The Kier molecular flexibility index (Phi) is 4.08. The standard InChI is InChI=1S/C25H24N4O/c30-24(28-13-15-29(16-14-28)25-26-11-4-12-27-25)22-8-3-7-20-19-9-10-21(23(20)22)18-6-2-1-5-17(18)19/h1-8,11-12,19,21H,9-10,13-16H2. The molecule has 3 aliphatic carbocycles. The maximum absolute atomic E-state index is 13.6. The molecule has 30 heavy (non-hydrogen) atoms. The normalized spacial score (nSPS) is 21.9. The highest BCUT2D eigenvalue weighted by atomic mass is 16.2. The Hall–Kier alpha value is -3.21. The maximum Gasteiger partial charge on any atom is 0.254 e. The summed E-state index contributed by atoms with van der Waals surface area (Å²) < 4.78 is 0. The highest BCUT2D eigenvalue weighted by Crippen LogP contribution is 2.53. The molecular weight excluding hydrogens is 372 g/mol. The van der Waals surface area contributed by atoms with E-state index in [0.29, 0.717) is 24.9 Å². The van der Waals surface area contributed by atoms with E-state index in [9.17, 15) is 4.79 Å². The second-order valence-electron chi connectivity index (χ2n) is 8.45. The van der Waals surface area contributed by atoms with Gasteiger partial charge in [0.2, 0.25) is 5.95 Å². The minimum absolute atomic E-state index is 0.172. The molecule has 1 aromatic heterocycles. The van der Waals surface area contributed by atoms with Crippen LogP contribution in [0, 0.1) is 0 Å². The molecule has 0 radical (unpaired) electrons. The Morgan fingerprint density at radius 3 is 2.20 bits per heavy atom. The largest absolute Gasteiger partial charge is 0.337 e. The Morgan fingerprint density at radius 2 is 1.43 bits per heavy atom. The first kappa shape index (κ1) is 17.6. The second-order valence-corrected chi connectivity index (χ2v) is 8.45. The van der Waals surface area contributed by atoms with Crippen LogP contribution in [0.3, 0.4) is 0 Å². The molecule has 0 spiro atoms. The molecule has 2 bridgehead atoms. The van der Waals surface area contributed by atoms with Crippen LogP contribution < -0.4 is 4.90 Å². The van der Waals surface area contributed by atoms with Crippen molar-refractivity contribution in [3.63, 3.8) is 0 Å². The van der Waals surface area contributed by atoms with Gasteiger partial charge < -0.3 is 9.80 Å². The number of carbonyl (C=O) groups is 1. The van der Waals surface area contributed by atoms with Gasteiger partial charge in [-0.05, 0) is 47.2 Å². The van der Waals surface area contributed by atoms with Crippen molar-refractivity contribution in [1.82, 2.24) is 14.9 Å². The molecule has 2 heterocycles. The summed E-state index contributed by atoms with van der Waals surface area (Å²) >= 11 is 0. The quantitative estimate of drug-likeness (QED) is 0.661. The van der Waals surface area contributed by atoms with E-state index in [2.05, 4.69) is 51.3 Å². The van der Waals surface area contributed by atoms with E-state index >= 15 is 0 Å². The fourth-order valence-corrected chi connectivity index (χ4v) is 5.61. The first-order valence-electron chi connectivity index (χ1n) is 10.8. The number of carbonyl (C=O) groups excluding carboxylic acids is 1. The third-order valence-corrected chi connectivity index (χ3v) is 6.99. The molecule has 1 fully saturated rings. The second kappa shape index (κ2) is 6.94. The van der Waals surface area contributed by atoms with E-state index in [1.807, 2.05) is 17.0 Å². The van der Waals surface area contributed by atoms with E-state index in [0.717, 1.165) is 31.0 Å². The predicted octanol–water partition coefficient (Wildman–Crippen LogP) is 3.81. The number of fused-ring (bicyclic) bond motifs is 1. The smallest absolute Gasteiger partial charge is 0.254 e. The van der Waals surface area contributed by atoms with Crippen LogP contribution in [0.4, 0.5) is 5.95 Å². The molecule has 3 aromatic rings. The number of aromatic nitrogens is 2. The van der Waals surface area contributed by atoms with Crippen LogP contribution in [-0.4, -0.2) is 47.0 Å². The number of anilines is 1. The van der Waals surface area contributed by atoms with Crippen LogP contribution in [0.15, 0.2) is 60.9 Å². The van der Waals surface area contributed by atoms with Gasteiger partial charge in [0.05, 0.1) is 0 Å². The van der Waals surface area contributed by atoms with Gasteiger partial charge in [0.1, 0.15) is 0 Å². The monoisotopic (exact) mass is 396 g/mol. The highest BCUT2D eigenvalue weighted by molar-refractivity contribution is 5.97. The van der Waals surface area contributed by atoms with Crippen LogP contribution >= 0.6 is 0 Å². The lowest BCUT2D eigenvalue weighted by Gasteiger charge is -2.42. The summed E-state index contributed by atoms with van der Waals surface area (Å²) in [5.41, 5.74) is 6.44. The van der Waals surface area contributed by atoms with Crippen LogP contribution in [0.1, 0.15) is 57.3 Å². The van der Waals surface area contributed by atoms with E-state index in [4.69, 9.17) is 0 Å². The van der Waals surface area contributed by atoms with Crippen molar-refractivity contribution in [1.29, 1.82) is 0 Å². The van der Waals surface area contributed by atoms with Gasteiger partial charge >= 0.3 is 0 Å². The summed E-state index contributed by atoms with van der Waals surface area (Å²) in [4.78, 5) is 26.4. The van der Waals surface area contributed by atoms with E-state index in [1.165, 1.54) is 28.7 Å². The van der Waals surface area contributed by atoms with Gasteiger partial charge in [-0.1, -0.05) is 36.4 Å². The molecule has 7 rings (SSSR count). The number of piperazine rings is 1. The summed E-state index contributed by atoms with van der Waals surface area (Å²) in [6.07, 6.45) is 5.85. The summed E-state index contributed by atoms with van der Waals surface area (Å²) in [6, 6.07) is 17.0. The zero-order valence-electron chi connectivity index (χ0n) is 16.9. The van der Waals surface area contributed by atoms with Gasteiger partial charge in [0, 0.05) is 56.0 Å². The van der Waals surface area contributed by atoms with E-state index in [1.54, 1.807) is 12.4 Å². The molecule has 1 saturated heterocycles. The minimum Gasteiger partial charge on any atom is -0.337 e. The number of hydrogen-bond acceptors (Lipinski definition) is 4. The average molecular weight is 396 g/mol. The van der Waals surface area contributed by atoms with Crippen molar-refractivity contribution in [3.05, 3.63) is 88.7 Å². The van der Waals surface area contributed by atoms with Crippen LogP contribution in [0.25, 0.3) is 0 Å². The molecule has 0 saturated carbocycles. The zero-order chi connectivity index (χ0) is 20.1. The minimum atomic E-state index is 0.172. The molecule has 0 N–H and O–H groups in total. The Morgan fingerprint density at radius 1 is 0.767 bits per heavy atom. The van der Waals surface area contributed by atoms with Gasteiger partial charge in [-0.25, -0.2) is 9.97 Å². The third kappa shape index (κ3) is 2.65. The van der Waals surface area contributed by atoms with Gasteiger partial charge in [-0.15, -0.1) is 0 Å². The molecule has 2 aromatic carbocycles. The molecule has 1 amide bonds. The van der Waals surface area contributed by atoms with Crippen molar-refractivity contribution in [2.75, 3.05) is 31.1 Å². The van der Waals surface area contributed by atoms with Crippen molar-refractivity contribution < 1.29 is 4.79 Å².